The molecule has 3 rings (SSSR count). The molecule has 6 nitrogen and oxygen atoms in total. The molecule has 0 N–H and O–H groups in total. The second-order valence-corrected chi connectivity index (χ2v) is 4.93. The Morgan fingerprint density at radius 1 is 0.864 bits per heavy atom. The number of carbonyl (C=O) groups excluding carboxylic acids is 2. The summed E-state index contributed by atoms with van der Waals surface area (Å²) in [6.07, 6.45) is 1.76. The SMILES string of the molecule is COC(=O)c1c2ccc(c1C(=O)OC)COCCCCOC2. The predicted molar refractivity (Wildman–Crippen MR) is 77.7 cm³/mol. The molecule has 22 heavy (non-hydrogen) atoms. The summed E-state index contributed by atoms with van der Waals surface area (Å²) in [6.45, 7) is 1.63. The molecular weight excluding hydrogens is 288 g/mol. The monoisotopic (exact) mass is 308 g/mol. The zero-order valence-corrected chi connectivity index (χ0v) is 12.8. The molecule has 2 aliphatic rings. The third kappa shape index (κ3) is 3.64. The molecule has 2 bridgehead atoms. The summed E-state index contributed by atoms with van der Waals surface area (Å²) in [5.41, 5.74) is 1.60. The molecule has 0 unspecified atom stereocenters. The summed E-state index contributed by atoms with van der Waals surface area (Å²) in [6, 6.07) is 3.53. The smallest absolute Gasteiger partial charge is 0.339 e. The Balaban J connectivity index is 2.55. The van der Waals surface area contributed by atoms with Gasteiger partial charge in [0.15, 0.2) is 0 Å². The van der Waals surface area contributed by atoms with E-state index in [2.05, 4.69) is 0 Å². The lowest BCUT2D eigenvalue weighted by Crippen LogP contribution is -2.19. The van der Waals surface area contributed by atoms with Crippen LogP contribution in [0.25, 0.3) is 0 Å². The average Bonchev–Trinajstić information content (AvgIpc) is 2.53. The number of ether oxygens (including phenoxy) is 4. The lowest BCUT2D eigenvalue weighted by molar-refractivity contribution is 0.0533. The van der Waals surface area contributed by atoms with Gasteiger partial charge >= 0.3 is 11.9 Å². The van der Waals surface area contributed by atoms with Crippen LogP contribution < -0.4 is 0 Å². The number of fused-ring (bicyclic) bond motifs is 9. The van der Waals surface area contributed by atoms with Crippen molar-refractivity contribution in [2.75, 3.05) is 27.4 Å². The van der Waals surface area contributed by atoms with Crippen molar-refractivity contribution in [1.82, 2.24) is 0 Å². The number of rotatable bonds is 2. The van der Waals surface area contributed by atoms with Crippen molar-refractivity contribution >= 4 is 11.9 Å². The average molecular weight is 308 g/mol. The van der Waals surface area contributed by atoms with Gasteiger partial charge in [0.05, 0.1) is 38.6 Å². The Labute approximate surface area is 129 Å². The number of carbonyl (C=O) groups is 2. The molecule has 0 aromatic heterocycles. The molecule has 0 atom stereocenters. The van der Waals surface area contributed by atoms with Crippen LogP contribution in [0.1, 0.15) is 44.7 Å². The van der Waals surface area contributed by atoms with Gasteiger partial charge < -0.3 is 18.9 Å². The van der Waals surface area contributed by atoms with E-state index < -0.39 is 11.9 Å². The molecule has 2 heterocycles. The van der Waals surface area contributed by atoms with Gasteiger partial charge in [-0.2, -0.15) is 0 Å². The van der Waals surface area contributed by atoms with Gasteiger partial charge in [0.25, 0.3) is 0 Å². The van der Waals surface area contributed by atoms with Crippen LogP contribution in [0.3, 0.4) is 0 Å². The molecule has 0 fully saturated rings. The Morgan fingerprint density at radius 2 is 1.27 bits per heavy atom. The number of esters is 2. The highest BCUT2D eigenvalue weighted by Crippen LogP contribution is 2.24. The predicted octanol–water partition coefficient (Wildman–Crippen LogP) is 2.09. The van der Waals surface area contributed by atoms with Crippen molar-refractivity contribution in [3.63, 3.8) is 0 Å². The van der Waals surface area contributed by atoms with Gasteiger partial charge in [-0.3, -0.25) is 0 Å². The van der Waals surface area contributed by atoms with Crippen LogP contribution in [0.5, 0.6) is 0 Å². The zero-order valence-electron chi connectivity index (χ0n) is 12.8. The summed E-state index contributed by atoms with van der Waals surface area (Å²) in [5.74, 6) is -1.17. The lowest BCUT2D eigenvalue weighted by Gasteiger charge is -2.17. The van der Waals surface area contributed by atoms with Gasteiger partial charge in [-0.25, -0.2) is 9.59 Å². The minimum atomic E-state index is -0.585. The molecule has 1 aromatic carbocycles. The topological polar surface area (TPSA) is 71.1 Å². The molecule has 2 aliphatic heterocycles. The fourth-order valence-corrected chi connectivity index (χ4v) is 2.37. The molecular formula is C16H20O6. The van der Waals surface area contributed by atoms with Crippen molar-refractivity contribution in [3.05, 3.63) is 34.4 Å². The van der Waals surface area contributed by atoms with Crippen molar-refractivity contribution in [2.24, 2.45) is 0 Å². The summed E-state index contributed by atoms with van der Waals surface area (Å²) in [7, 11) is 2.56. The minimum Gasteiger partial charge on any atom is -0.465 e. The summed E-state index contributed by atoms with van der Waals surface area (Å²) >= 11 is 0. The summed E-state index contributed by atoms with van der Waals surface area (Å²) in [4.78, 5) is 24.3. The fraction of sp³-hybridized carbons (Fsp3) is 0.500. The first-order valence-corrected chi connectivity index (χ1v) is 7.16. The van der Waals surface area contributed by atoms with Crippen molar-refractivity contribution < 1.29 is 28.5 Å². The van der Waals surface area contributed by atoms with E-state index in [0.717, 1.165) is 12.8 Å². The first kappa shape index (κ1) is 16.5. The van der Waals surface area contributed by atoms with Crippen LogP contribution in [-0.4, -0.2) is 39.4 Å². The van der Waals surface area contributed by atoms with Crippen LogP contribution in [0, 0.1) is 0 Å². The first-order valence-electron chi connectivity index (χ1n) is 7.16. The second kappa shape index (κ2) is 7.91. The van der Waals surface area contributed by atoms with E-state index in [1.165, 1.54) is 14.2 Å². The van der Waals surface area contributed by atoms with E-state index in [1.807, 2.05) is 0 Å². The maximum Gasteiger partial charge on any atom is 0.339 e. The summed E-state index contributed by atoms with van der Waals surface area (Å²) < 4.78 is 20.8. The molecule has 0 amide bonds. The lowest BCUT2D eigenvalue weighted by atomic mass is 9.96. The highest BCUT2D eigenvalue weighted by molar-refractivity contribution is 6.05. The standard InChI is InChI=1S/C16H20O6/c1-19-15(17)13-11-5-6-12(14(13)16(18)20-2)10-22-8-4-3-7-21-9-11/h5-6H,3-4,7-10H2,1-2H3. The van der Waals surface area contributed by atoms with E-state index in [1.54, 1.807) is 12.1 Å². The van der Waals surface area contributed by atoms with Crippen molar-refractivity contribution in [2.45, 2.75) is 26.1 Å². The number of methoxy groups -OCH3 is 2. The minimum absolute atomic E-state index is 0.191. The zero-order chi connectivity index (χ0) is 15.9. The first-order chi connectivity index (χ1) is 10.7. The van der Waals surface area contributed by atoms with Gasteiger partial charge in [0.1, 0.15) is 0 Å². The van der Waals surface area contributed by atoms with Crippen LogP contribution in [-0.2, 0) is 32.2 Å². The molecule has 0 saturated carbocycles. The van der Waals surface area contributed by atoms with Crippen molar-refractivity contribution in [1.29, 1.82) is 0 Å². The molecule has 0 saturated heterocycles. The number of benzene rings is 1. The Bertz CT molecular complexity index is 503. The molecule has 0 radical (unpaired) electrons. The highest BCUT2D eigenvalue weighted by Gasteiger charge is 2.26. The second-order valence-electron chi connectivity index (χ2n) is 4.93. The third-order valence-electron chi connectivity index (χ3n) is 3.50. The number of hydrogen-bond acceptors (Lipinski definition) is 6. The molecule has 0 aliphatic carbocycles. The Hall–Kier alpha value is -1.92. The Kier molecular flexibility index (Phi) is 5.91. The van der Waals surface area contributed by atoms with E-state index >= 15 is 0 Å². The van der Waals surface area contributed by atoms with Gasteiger partial charge in [-0.05, 0) is 24.0 Å². The van der Waals surface area contributed by atoms with Crippen molar-refractivity contribution in [3.8, 4) is 0 Å². The molecule has 1 aromatic rings. The normalized spacial score (nSPS) is 15.5. The van der Waals surface area contributed by atoms with Crippen LogP contribution in [0.15, 0.2) is 12.1 Å². The number of hydrogen-bond donors (Lipinski definition) is 0. The highest BCUT2D eigenvalue weighted by atomic mass is 16.5. The van der Waals surface area contributed by atoms with Gasteiger partial charge in [-0.1, -0.05) is 12.1 Å². The maximum atomic E-state index is 12.2. The largest absolute Gasteiger partial charge is 0.465 e. The van der Waals surface area contributed by atoms with Gasteiger partial charge in [0.2, 0.25) is 0 Å². The Morgan fingerprint density at radius 3 is 1.64 bits per heavy atom. The third-order valence-corrected chi connectivity index (χ3v) is 3.50. The fourth-order valence-electron chi connectivity index (χ4n) is 2.37. The van der Waals surface area contributed by atoms with Gasteiger partial charge in [-0.15, -0.1) is 0 Å². The van der Waals surface area contributed by atoms with E-state index in [4.69, 9.17) is 18.9 Å². The van der Waals surface area contributed by atoms with E-state index in [-0.39, 0.29) is 24.3 Å². The van der Waals surface area contributed by atoms with Crippen LogP contribution in [0.4, 0.5) is 0 Å². The molecule has 0 spiro atoms. The quantitative estimate of drug-likeness (QED) is 0.779. The van der Waals surface area contributed by atoms with Crippen LogP contribution >= 0.6 is 0 Å². The molecule has 120 valence electrons. The summed E-state index contributed by atoms with van der Waals surface area (Å²) in [5, 5.41) is 0. The van der Waals surface area contributed by atoms with Crippen LogP contribution in [0.2, 0.25) is 0 Å². The van der Waals surface area contributed by atoms with Gasteiger partial charge in [0, 0.05) is 13.2 Å². The van der Waals surface area contributed by atoms with E-state index in [9.17, 15) is 9.59 Å². The maximum absolute atomic E-state index is 12.2. The van der Waals surface area contributed by atoms with E-state index in [0.29, 0.717) is 24.3 Å². The molecule has 6 heteroatoms.